The first-order valence-electron chi connectivity index (χ1n) is 4.15. The Kier molecular flexibility index (Phi) is 4.69. The molecule has 0 aromatic carbocycles. The van der Waals surface area contributed by atoms with E-state index >= 15 is 0 Å². The number of carboxylic acids is 1. The van der Waals surface area contributed by atoms with Gasteiger partial charge in [-0.1, -0.05) is 0 Å². The molecule has 0 saturated heterocycles. The maximum absolute atomic E-state index is 10.4. The van der Waals surface area contributed by atoms with E-state index in [1.165, 1.54) is 17.8 Å². The number of aliphatic carboxylic acids is 1. The van der Waals surface area contributed by atoms with Crippen molar-refractivity contribution in [1.82, 2.24) is 4.98 Å². The van der Waals surface area contributed by atoms with Gasteiger partial charge in [-0.05, 0) is 15.9 Å². The van der Waals surface area contributed by atoms with E-state index in [-0.39, 0.29) is 12.1 Å². The molecule has 1 rings (SSSR count). The second kappa shape index (κ2) is 5.80. The Morgan fingerprint density at radius 1 is 1.69 bits per heavy atom. The van der Waals surface area contributed by atoms with Crippen molar-refractivity contribution in [2.45, 2.75) is 11.4 Å². The molecule has 0 atom stereocenters. The molecule has 0 bridgehead atoms. The van der Waals surface area contributed by atoms with E-state index in [1.54, 1.807) is 0 Å². The Balaban J connectivity index is 2.68. The van der Waals surface area contributed by atoms with E-state index in [4.69, 9.17) is 5.11 Å². The van der Waals surface area contributed by atoms with E-state index in [0.717, 1.165) is 6.20 Å². The Morgan fingerprint density at radius 2 is 2.38 bits per heavy atom. The van der Waals surface area contributed by atoms with E-state index in [1.807, 2.05) is 0 Å². The summed E-state index contributed by atoms with van der Waals surface area (Å²) in [4.78, 5) is 24.1. The molecule has 8 heteroatoms. The quantitative estimate of drug-likeness (QED) is 0.510. The molecule has 0 saturated carbocycles. The first-order chi connectivity index (χ1) is 7.50. The fourth-order valence-electron chi connectivity index (χ4n) is 0.856. The highest BCUT2D eigenvalue weighted by atomic mass is 79.9. The van der Waals surface area contributed by atoms with Crippen molar-refractivity contribution in [2.24, 2.45) is 0 Å². The summed E-state index contributed by atoms with van der Waals surface area (Å²) in [6.45, 7) is 0. The van der Waals surface area contributed by atoms with Crippen LogP contribution in [0.25, 0.3) is 0 Å². The van der Waals surface area contributed by atoms with Gasteiger partial charge >= 0.3 is 5.97 Å². The second-order valence-electron chi connectivity index (χ2n) is 2.73. The van der Waals surface area contributed by atoms with Gasteiger partial charge in [-0.25, -0.2) is 4.98 Å². The molecule has 6 nitrogen and oxygen atoms in total. The topological polar surface area (TPSA) is 93.3 Å². The summed E-state index contributed by atoms with van der Waals surface area (Å²) < 4.78 is 0.497. The zero-order valence-corrected chi connectivity index (χ0v) is 10.3. The fraction of sp³-hybridized carbons (Fsp3) is 0.250. The lowest BCUT2D eigenvalue weighted by Crippen LogP contribution is -1.97. The number of aromatic nitrogens is 1. The molecule has 0 fully saturated rings. The number of halogens is 1. The first-order valence-corrected chi connectivity index (χ1v) is 5.93. The Hall–Kier alpha value is -1.15. The molecule has 16 heavy (non-hydrogen) atoms. The smallest absolute Gasteiger partial charge is 0.304 e. The third-order valence-electron chi connectivity index (χ3n) is 1.56. The van der Waals surface area contributed by atoms with Crippen molar-refractivity contribution in [2.75, 3.05) is 5.75 Å². The summed E-state index contributed by atoms with van der Waals surface area (Å²) in [5, 5.41) is 19.4. The van der Waals surface area contributed by atoms with Gasteiger partial charge in [-0.3, -0.25) is 14.9 Å². The molecule has 86 valence electrons. The van der Waals surface area contributed by atoms with Crippen molar-refractivity contribution >= 4 is 39.3 Å². The standard InChI is InChI=1S/C8H7BrN2O4S/c9-6-3-5(11(14)15)4-10-8(6)16-2-1-7(12)13/h3-4H,1-2H2,(H,12,13). The highest BCUT2D eigenvalue weighted by Gasteiger charge is 2.11. The van der Waals surface area contributed by atoms with Crippen molar-refractivity contribution in [3.05, 3.63) is 26.9 Å². The lowest BCUT2D eigenvalue weighted by atomic mass is 10.4. The van der Waals surface area contributed by atoms with Gasteiger partial charge in [-0.15, -0.1) is 11.8 Å². The van der Waals surface area contributed by atoms with Crippen LogP contribution in [0.1, 0.15) is 6.42 Å². The molecule has 1 heterocycles. The molecule has 0 spiro atoms. The molecule has 0 radical (unpaired) electrons. The van der Waals surface area contributed by atoms with Crippen molar-refractivity contribution in [3.8, 4) is 0 Å². The monoisotopic (exact) mass is 306 g/mol. The maximum Gasteiger partial charge on any atom is 0.304 e. The molecule has 0 aliphatic heterocycles. The third kappa shape index (κ3) is 3.78. The summed E-state index contributed by atoms with van der Waals surface area (Å²) in [6, 6.07) is 1.34. The maximum atomic E-state index is 10.4. The van der Waals surface area contributed by atoms with Crippen LogP contribution in [0, 0.1) is 10.1 Å². The average Bonchev–Trinajstić information content (AvgIpc) is 2.19. The normalized spacial score (nSPS) is 10.1. The van der Waals surface area contributed by atoms with Crippen LogP contribution in [-0.2, 0) is 4.79 Å². The predicted molar refractivity (Wildman–Crippen MR) is 61.6 cm³/mol. The summed E-state index contributed by atoms with van der Waals surface area (Å²) >= 11 is 4.38. The van der Waals surface area contributed by atoms with Crippen molar-refractivity contribution in [1.29, 1.82) is 0 Å². The molecule has 0 unspecified atom stereocenters. The largest absolute Gasteiger partial charge is 0.481 e. The molecule has 1 N–H and O–H groups in total. The van der Waals surface area contributed by atoms with Crippen molar-refractivity contribution in [3.63, 3.8) is 0 Å². The number of nitro groups is 1. The minimum Gasteiger partial charge on any atom is -0.481 e. The lowest BCUT2D eigenvalue weighted by Gasteiger charge is -2.01. The Labute approximate surface area is 103 Å². The number of hydrogen-bond acceptors (Lipinski definition) is 5. The van der Waals surface area contributed by atoms with E-state index in [0.29, 0.717) is 15.3 Å². The molecule has 1 aromatic heterocycles. The number of carbonyl (C=O) groups is 1. The molecular formula is C8H7BrN2O4S. The zero-order chi connectivity index (χ0) is 12.1. The van der Waals surface area contributed by atoms with Crippen LogP contribution in [0.3, 0.4) is 0 Å². The summed E-state index contributed by atoms with van der Waals surface area (Å²) in [5.74, 6) is -0.510. The minimum atomic E-state index is -0.884. The SMILES string of the molecule is O=C(O)CCSc1ncc([N+](=O)[O-])cc1Br. The zero-order valence-electron chi connectivity index (χ0n) is 7.92. The summed E-state index contributed by atoms with van der Waals surface area (Å²) in [5.41, 5.74) is -0.102. The molecule has 1 aromatic rings. The van der Waals surface area contributed by atoms with Gasteiger partial charge in [0.05, 0.1) is 15.8 Å². The van der Waals surface area contributed by atoms with Crippen LogP contribution in [0.15, 0.2) is 21.8 Å². The van der Waals surface area contributed by atoms with Gasteiger partial charge < -0.3 is 5.11 Å². The van der Waals surface area contributed by atoms with Gasteiger partial charge in [0.15, 0.2) is 0 Å². The molecule has 0 aliphatic carbocycles. The number of pyridine rings is 1. The highest BCUT2D eigenvalue weighted by molar-refractivity contribution is 9.10. The molecular weight excluding hydrogens is 300 g/mol. The van der Waals surface area contributed by atoms with Crippen LogP contribution in [0.4, 0.5) is 5.69 Å². The Morgan fingerprint density at radius 3 is 2.88 bits per heavy atom. The number of rotatable bonds is 5. The van der Waals surface area contributed by atoms with E-state index < -0.39 is 10.9 Å². The van der Waals surface area contributed by atoms with Crippen LogP contribution < -0.4 is 0 Å². The number of carboxylic acid groups (broad SMARTS) is 1. The highest BCUT2D eigenvalue weighted by Crippen LogP contribution is 2.28. The van der Waals surface area contributed by atoms with Crippen LogP contribution >= 0.6 is 27.7 Å². The van der Waals surface area contributed by atoms with Gasteiger partial charge in [0.1, 0.15) is 11.2 Å². The molecule has 0 amide bonds. The van der Waals surface area contributed by atoms with Gasteiger partial charge in [0.2, 0.25) is 0 Å². The van der Waals surface area contributed by atoms with Crippen LogP contribution in [0.5, 0.6) is 0 Å². The van der Waals surface area contributed by atoms with Crippen LogP contribution in [0.2, 0.25) is 0 Å². The van der Waals surface area contributed by atoms with Crippen LogP contribution in [-0.4, -0.2) is 26.7 Å². The number of thioether (sulfide) groups is 1. The number of nitrogens with zero attached hydrogens (tertiary/aromatic N) is 2. The summed E-state index contributed by atoms with van der Waals surface area (Å²) in [6.07, 6.45) is 1.17. The third-order valence-corrected chi connectivity index (χ3v) is 3.43. The molecule has 0 aliphatic rings. The first kappa shape index (κ1) is 12.9. The van der Waals surface area contributed by atoms with E-state index in [9.17, 15) is 14.9 Å². The number of hydrogen-bond donors (Lipinski definition) is 1. The van der Waals surface area contributed by atoms with Gasteiger partial charge in [0.25, 0.3) is 5.69 Å². The second-order valence-corrected chi connectivity index (χ2v) is 4.67. The lowest BCUT2D eigenvalue weighted by molar-refractivity contribution is -0.385. The van der Waals surface area contributed by atoms with Gasteiger partial charge in [-0.2, -0.15) is 0 Å². The Bertz CT molecular complexity index is 426. The van der Waals surface area contributed by atoms with E-state index in [2.05, 4.69) is 20.9 Å². The predicted octanol–water partition coefficient (Wildman–Crippen LogP) is 2.32. The average molecular weight is 307 g/mol. The van der Waals surface area contributed by atoms with Crippen molar-refractivity contribution < 1.29 is 14.8 Å². The minimum absolute atomic E-state index is 0.0236. The summed E-state index contributed by atoms with van der Waals surface area (Å²) in [7, 11) is 0. The van der Waals surface area contributed by atoms with Gasteiger partial charge in [0, 0.05) is 11.8 Å². The fourth-order valence-corrected chi connectivity index (χ4v) is 2.33.